The lowest BCUT2D eigenvalue weighted by Crippen LogP contribution is -2.37. The minimum atomic E-state index is -0.0136. The Bertz CT molecular complexity index is 734. The van der Waals surface area contributed by atoms with Crippen LogP contribution in [-0.2, 0) is 9.53 Å². The van der Waals surface area contributed by atoms with Crippen molar-refractivity contribution in [2.75, 3.05) is 13.1 Å². The van der Waals surface area contributed by atoms with Gasteiger partial charge in [0.15, 0.2) is 0 Å². The molecule has 3 aliphatic rings. The van der Waals surface area contributed by atoms with Crippen LogP contribution in [0.15, 0.2) is 24.3 Å². The molecule has 2 aliphatic carbocycles. The van der Waals surface area contributed by atoms with Crippen molar-refractivity contribution in [2.45, 2.75) is 102 Å². The lowest BCUT2D eigenvalue weighted by molar-refractivity contribution is -0.150. The molecular formula is C27H41ClN2O3. The Hall–Kier alpha value is -1.59. The summed E-state index contributed by atoms with van der Waals surface area (Å²) in [5, 5.41) is 6.64. The predicted molar refractivity (Wildman–Crippen MR) is 134 cm³/mol. The first-order chi connectivity index (χ1) is 15.7. The van der Waals surface area contributed by atoms with Crippen LogP contribution in [0.5, 0.6) is 0 Å². The summed E-state index contributed by atoms with van der Waals surface area (Å²) in [5.74, 6) is 1.22. The molecule has 6 heteroatoms. The number of nitrogens with one attached hydrogen (secondary N) is 2. The molecule has 0 spiro atoms. The molecule has 1 aliphatic heterocycles. The summed E-state index contributed by atoms with van der Waals surface area (Å²) in [5.41, 5.74) is 2.11. The van der Waals surface area contributed by atoms with E-state index in [4.69, 9.17) is 4.74 Å². The number of benzene rings is 1. The lowest BCUT2D eigenvalue weighted by Gasteiger charge is -2.29. The second kappa shape index (κ2) is 13.3. The fraction of sp³-hybridized carbons (Fsp3) is 0.704. The number of carbonyl (C=O) groups is 2. The molecule has 0 atom stereocenters. The van der Waals surface area contributed by atoms with Gasteiger partial charge in [0.1, 0.15) is 6.10 Å². The van der Waals surface area contributed by atoms with Crippen molar-refractivity contribution in [3.8, 4) is 0 Å². The van der Waals surface area contributed by atoms with Gasteiger partial charge in [0.25, 0.3) is 5.91 Å². The summed E-state index contributed by atoms with van der Waals surface area (Å²) in [6.45, 7) is 2.16. The molecule has 0 aromatic heterocycles. The second-order valence-corrected chi connectivity index (χ2v) is 10.1. The van der Waals surface area contributed by atoms with E-state index >= 15 is 0 Å². The third-order valence-electron chi connectivity index (χ3n) is 7.77. The van der Waals surface area contributed by atoms with Crippen LogP contribution in [0.2, 0.25) is 0 Å². The summed E-state index contributed by atoms with van der Waals surface area (Å²) in [7, 11) is 0. The number of hydrogen-bond acceptors (Lipinski definition) is 4. The monoisotopic (exact) mass is 476 g/mol. The SMILES string of the molecule is Cl.O=C(CC[C@H]1CC[C@H](NC(=O)c2ccc(C3CCNCC3)cc2)CC1)OC1CCCCC1. The quantitative estimate of drug-likeness (QED) is 0.508. The molecule has 0 bridgehead atoms. The number of piperidine rings is 1. The Labute approximate surface area is 205 Å². The maximum Gasteiger partial charge on any atom is 0.306 e. The minimum absolute atomic E-state index is 0. The van der Waals surface area contributed by atoms with Crippen LogP contribution < -0.4 is 10.6 Å². The van der Waals surface area contributed by atoms with Crippen LogP contribution in [0.25, 0.3) is 0 Å². The molecule has 5 nitrogen and oxygen atoms in total. The average Bonchev–Trinajstić information content (AvgIpc) is 2.85. The van der Waals surface area contributed by atoms with Crippen molar-refractivity contribution < 1.29 is 14.3 Å². The van der Waals surface area contributed by atoms with Gasteiger partial charge in [-0.15, -0.1) is 12.4 Å². The van der Waals surface area contributed by atoms with Gasteiger partial charge in [-0.25, -0.2) is 0 Å². The topological polar surface area (TPSA) is 67.4 Å². The summed E-state index contributed by atoms with van der Waals surface area (Å²) < 4.78 is 5.65. The van der Waals surface area contributed by atoms with Crippen LogP contribution in [0.4, 0.5) is 0 Å². The third kappa shape index (κ3) is 7.99. The summed E-state index contributed by atoms with van der Waals surface area (Å²) >= 11 is 0. The van der Waals surface area contributed by atoms with Crippen molar-refractivity contribution in [1.29, 1.82) is 0 Å². The van der Waals surface area contributed by atoms with Gasteiger partial charge in [-0.3, -0.25) is 9.59 Å². The van der Waals surface area contributed by atoms with Crippen LogP contribution in [0.3, 0.4) is 0 Å². The molecule has 1 aromatic rings. The Balaban J connectivity index is 0.00000306. The van der Waals surface area contributed by atoms with E-state index in [1.54, 1.807) is 0 Å². The molecule has 1 heterocycles. The van der Waals surface area contributed by atoms with E-state index in [1.165, 1.54) is 37.7 Å². The van der Waals surface area contributed by atoms with E-state index in [0.717, 1.165) is 63.6 Å². The van der Waals surface area contributed by atoms with Gasteiger partial charge in [-0.2, -0.15) is 0 Å². The molecule has 0 radical (unpaired) electrons. The number of esters is 1. The van der Waals surface area contributed by atoms with E-state index < -0.39 is 0 Å². The zero-order valence-electron chi connectivity index (χ0n) is 19.9. The zero-order chi connectivity index (χ0) is 22.2. The van der Waals surface area contributed by atoms with Crippen molar-refractivity contribution in [2.24, 2.45) is 5.92 Å². The number of amides is 1. The first-order valence-electron chi connectivity index (χ1n) is 13.0. The van der Waals surface area contributed by atoms with E-state index in [1.807, 2.05) is 12.1 Å². The molecule has 2 N–H and O–H groups in total. The van der Waals surface area contributed by atoms with Gasteiger partial charge < -0.3 is 15.4 Å². The van der Waals surface area contributed by atoms with Gasteiger partial charge in [0.2, 0.25) is 0 Å². The fourth-order valence-electron chi connectivity index (χ4n) is 5.68. The van der Waals surface area contributed by atoms with Gasteiger partial charge in [0.05, 0.1) is 0 Å². The van der Waals surface area contributed by atoms with Crippen molar-refractivity contribution in [3.63, 3.8) is 0 Å². The Morgan fingerprint density at radius 3 is 2.21 bits per heavy atom. The summed E-state index contributed by atoms with van der Waals surface area (Å²) in [6, 6.07) is 8.48. The van der Waals surface area contributed by atoms with E-state index in [0.29, 0.717) is 18.3 Å². The van der Waals surface area contributed by atoms with Crippen LogP contribution in [0, 0.1) is 5.92 Å². The van der Waals surface area contributed by atoms with E-state index in [2.05, 4.69) is 22.8 Å². The highest BCUT2D eigenvalue weighted by molar-refractivity contribution is 5.94. The highest BCUT2D eigenvalue weighted by Gasteiger charge is 2.25. The zero-order valence-corrected chi connectivity index (χ0v) is 20.7. The van der Waals surface area contributed by atoms with Gasteiger partial charge in [-0.1, -0.05) is 18.6 Å². The molecule has 33 heavy (non-hydrogen) atoms. The molecule has 1 saturated heterocycles. The highest BCUT2D eigenvalue weighted by atomic mass is 35.5. The number of carbonyl (C=O) groups excluding carboxylic acids is 2. The Morgan fingerprint density at radius 1 is 0.879 bits per heavy atom. The number of hydrogen-bond donors (Lipinski definition) is 2. The number of halogens is 1. The minimum Gasteiger partial charge on any atom is -0.462 e. The number of ether oxygens (including phenoxy) is 1. The summed E-state index contributed by atoms with van der Waals surface area (Å²) in [6.07, 6.45) is 13.9. The maximum absolute atomic E-state index is 12.7. The standard InChI is InChI=1S/C27H40N2O3.ClH/c30-26(32-25-4-2-1-3-5-25)15-8-20-6-13-24(14-7-20)29-27(31)23-11-9-21(10-12-23)22-16-18-28-19-17-22;/h9-12,20,22,24-25,28H,1-8,13-19H2,(H,29,31);1H/t20-,24-;. The lowest BCUT2D eigenvalue weighted by atomic mass is 9.83. The Morgan fingerprint density at radius 2 is 1.55 bits per heavy atom. The molecule has 0 unspecified atom stereocenters. The van der Waals surface area contributed by atoms with Crippen LogP contribution in [-0.4, -0.2) is 37.1 Å². The van der Waals surface area contributed by atoms with Gasteiger partial charge in [-0.05, 0) is 113 Å². The van der Waals surface area contributed by atoms with Crippen LogP contribution >= 0.6 is 12.4 Å². The maximum atomic E-state index is 12.7. The van der Waals surface area contributed by atoms with E-state index in [-0.39, 0.29) is 36.4 Å². The largest absolute Gasteiger partial charge is 0.462 e. The first-order valence-corrected chi connectivity index (χ1v) is 13.0. The molecule has 4 rings (SSSR count). The van der Waals surface area contributed by atoms with Crippen molar-refractivity contribution >= 4 is 24.3 Å². The molecule has 184 valence electrons. The van der Waals surface area contributed by atoms with Crippen molar-refractivity contribution in [3.05, 3.63) is 35.4 Å². The predicted octanol–water partition coefficient (Wildman–Crippen LogP) is 5.52. The summed E-state index contributed by atoms with van der Waals surface area (Å²) in [4.78, 5) is 24.9. The van der Waals surface area contributed by atoms with Crippen molar-refractivity contribution in [1.82, 2.24) is 10.6 Å². The highest BCUT2D eigenvalue weighted by Crippen LogP contribution is 2.29. The normalized spacial score (nSPS) is 24.5. The fourth-order valence-corrected chi connectivity index (χ4v) is 5.68. The molecule has 1 amide bonds. The number of rotatable bonds is 7. The molecular weight excluding hydrogens is 436 g/mol. The van der Waals surface area contributed by atoms with Crippen LogP contribution in [0.1, 0.15) is 105 Å². The van der Waals surface area contributed by atoms with Gasteiger partial charge in [0, 0.05) is 18.0 Å². The molecule has 3 fully saturated rings. The molecule has 2 saturated carbocycles. The molecule has 1 aromatic carbocycles. The average molecular weight is 477 g/mol. The van der Waals surface area contributed by atoms with Gasteiger partial charge >= 0.3 is 5.97 Å². The second-order valence-electron chi connectivity index (χ2n) is 10.1. The van der Waals surface area contributed by atoms with E-state index in [9.17, 15) is 9.59 Å². The first kappa shape index (κ1) is 26.0. The third-order valence-corrected chi connectivity index (χ3v) is 7.77. The smallest absolute Gasteiger partial charge is 0.306 e. The Kier molecular flexibility index (Phi) is 10.5.